The van der Waals surface area contributed by atoms with Gasteiger partial charge < -0.3 is 0 Å². The van der Waals surface area contributed by atoms with Gasteiger partial charge in [-0.1, -0.05) is 48.5 Å². The third-order valence-electron chi connectivity index (χ3n) is 5.77. The van der Waals surface area contributed by atoms with E-state index in [4.69, 9.17) is 9.97 Å². The Morgan fingerprint density at radius 3 is 1.52 bits per heavy atom. The van der Waals surface area contributed by atoms with E-state index in [1.165, 1.54) is 11.1 Å². The van der Waals surface area contributed by atoms with Crippen molar-refractivity contribution in [2.24, 2.45) is 0 Å². The molecule has 0 saturated carbocycles. The highest BCUT2D eigenvalue weighted by atomic mass is 16.1. The summed E-state index contributed by atoms with van der Waals surface area (Å²) in [7, 11) is 0. The largest absolute Gasteiger partial charge is 0.288 e. The van der Waals surface area contributed by atoms with Crippen LogP contribution in [0.2, 0.25) is 0 Å². The summed E-state index contributed by atoms with van der Waals surface area (Å²) in [6.07, 6.45) is 3.54. The van der Waals surface area contributed by atoms with Gasteiger partial charge in [-0.25, -0.2) is 0 Å². The molecule has 0 fully saturated rings. The Hall–Kier alpha value is -3.59. The van der Waals surface area contributed by atoms with E-state index < -0.39 is 5.41 Å². The van der Waals surface area contributed by atoms with E-state index in [0.29, 0.717) is 11.1 Å². The minimum Gasteiger partial charge on any atom is -0.288 e. The predicted octanol–water partition coefficient (Wildman–Crippen LogP) is 4.38. The molecule has 2 heterocycles. The number of benzene rings is 2. The molecule has 2 aliphatic rings. The van der Waals surface area contributed by atoms with Crippen LogP contribution in [0, 0.1) is 0 Å². The first-order chi connectivity index (χ1) is 13.3. The van der Waals surface area contributed by atoms with Crippen LogP contribution in [-0.4, -0.2) is 15.8 Å². The molecule has 0 amide bonds. The van der Waals surface area contributed by atoms with E-state index in [2.05, 4.69) is 36.4 Å². The Labute approximate surface area is 156 Å². The zero-order valence-corrected chi connectivity index (χ0v) is 14.4. The van der Waals surface area contributed by atoms with Crippen molar-refractivity contribution in [3.63, 3.8) is 0 Å². The fraction of sp³-hybridized carbons (Fsp3) is 0.0417. The number of fused-ring (bicyclic) bond motifs is 9. The van der Waals surface area contributed by atoms with Gasteiger partial charge in [0.1, 0.15) is 5.41 Å². The average molecular weight is 346 g/mol. The maximum atomic E-state index is 13.2. The molecule has 0 saturated heterocycles. The van der Waals surface area contributed by atoms with Gasteiger partial charge in [0, 0.05) is 23.5 Å². The van der Waals surface area contributed by atoms with E-state index in [1.807, 2.05) is 36.4 Å². The van der Waals surface area contributed by atoms with Crippen molar-refractivity contribution in [2.75, 3.05) is 0 Å². The molecule has 27 heavy (non-hydrogen) atoms. The SMILES string of the molecule is O=C1c2cccnc2C2(c3ccccc3-c3ccccc32)c2ncccc21. The highest BCUT2D eigenvalue weighted by Gasteiger charge is 2.53. The van der Waals surface area contributed by atoms with E-state index in [9.17, 15) is 4.79 Å². The molecule has 126 valence electrons. The number of hydrogen-bond acceptors (Lipinski definition) is 3. The molecule has 0 N–H and O–H groups in total. The molecule has 3 heteroatoms. The molecule has 2 aromatic heterocycles. The fourth-order valence-electron chi connectivity index (χ4n) is 4.78. The first kappa shape index (κ1) is 14.6. The van der Waals surface area contributed by atoms with Crippen molar-refractivity contribution in [3.8, 4) is 11.1 Å². The summed E-state index contributed by atoms with van der Waals surface area (Å²) < 4.78 is 0. The number of rotatable bonds is 0. The molecular weight excluding hydrogens is 332 g/mol. The second-order valence-electron chi connectivity index (χ2n) is 6.97. The van der Waals surface area contributed by atoms with Crippen LogP contribution in [-0.2, 0) is 5.41 Å². The third kappa shape index (κ3) is 1.60. The summed E-state index contributed by atoms with van der Waals surface area (Å²) in [5, 5.41) is 0. The van der Waals surface area contributed by atoms with Gasteiger partial charge in [0.25, 0.3) is 0 Å². The average Bonchev–Trinajstić information content (AvgIpc) is 3.04. The van der Waals surface area contributed by atoms with Gasteiger partial charge in [0.15, 0.2) is 5.78 Å². The number of hydrogen-bond donors (Lipinski definition) is 0. The van der Waals surface area contributed by atoms with Crippen LogP contribution in [0.25, 0.3) is 11.1 Å². The van der Waals surface area contributed by atoms with Crippen LogP contribution >= 0.6 is 0 Å². The third-order valence-corrected chi connectivity index (χ3v) is 5.77. The summed E-state index contributed by atoms with van der Waals surface area (Å²) in [6.45, 7) is 0. The lowest BCUT2D eigenvalue weighted by Crippen LogP contribution is -2.38. The van der Waals surface area contributed by atoms with Crippen LogP contribution in [0.3, 0.4) is 0 Å². The van der Waals surface area contributed by atoms with E-state index >= 15 is 0 Å². The number of carbonyl (C=O) groups excluding carboxylic acids is 1. The van der Waals surface area contributed by atoms with Crippen LogP contribution in [0.4, 0.5) is 0 Å². The second kappa shape index (κ2) is 4.98. The zero-order chi connectivity index (χ0) is 18.0. The lowest BCUT2D eigenvalue weighted by atomic mass is 9.65. The molecule has 0 atom stereocenters. The monoisotopic (exact) mass is 346 g/mol. The molecule has 2 aromatic carbocycles. The minimum atomic E-state index is -0.658. The van der Waals surface area contributed by atoms with Crippen molar-refractivity contribution in [3.05, 3.63) is 119 Å². The molecule has 0 radical (unpaired) electrons. The quantitative estimate of drug-likeness (QED) is 0.410. The Balaban J connectivity index is 1.89. The van der Waals surface area contributed by atoms with Gasteiger partial charge in [-0.05, 0) is 46.5 Å². The molecule has 1 spiro atoms. The van der Waals surface area contributed by atoms with Gasteiger partial charge in [0.2, 0.25) is 0 Å². The molecule has 0 aliphatic heterocycles. The van der Waals surface area contributed by atoms with Crippen LogP contribution in [0.15, 0.2) is 85.2 Å². The van der Waals surface area contributed by atoms with Gasteiger partial charge in [-0.3, -0.25) is 14.8 Å². The van der Waals surface area contributed by atoms with Crippen molar-refractivity contribution in [2.45, 2.75) is 5.41 Å². The second-order valence-corrected chi connectivity index (χ2v) is 6.97. The Bertz CT molecular complexity index is 1160. The molecule has 2 aliphatic carbocycles. The van der Waals surface area contributed by atoms with E-state index in [1.54, 1.807) is 12.4 Å². The van der Waals surface area contributed by atoms with Gasteiger partial charge in [-0.2, -0.15) is 0 Å². The normalized spacial score (nSPS) is 15.0. The topological polar surface area (TPSA) is 42.9 Å². The number of aromatic nitrogens is 2. The summed E-state index contributed by atoms with van der Waals surface area (Å²) in [5.41, 5.74) is 6.84. The Morgan fingerprint density at radius 1 is 0.556 bits per heavy atom. The van der Waals surface area contributed by atoms with Crippen molar-refractivity contribution >= 4 is 5.78 Å². The van der Waals surface area contributed by atoms with Crippen molar-refractivity contribution < 1.29 is 4.79 Å². The molecule has 3 nitrogen and oxygen atoms in total. The summed E-state index contributed by atoms with van der Waals surface area (Å²) in [4.78, 5) is 22.7. The molecule has 0 bridgehead atoms. The Morgan fingerprint density at radius 2 is 1.00 bits per heavy atom. The lowest BCUT2D eigenvalue weighted by molar-refractivity contribution is 0.103. The number of nitrogens with zero attached hydrogens (tertiary/aromatic N) is 2. The standard InChI is InChI=1S/C24H14N2O/c27-21-17-9-5-13-25-22(17)24(23-18(21)10-6-14-26-23)19-11-3-1-7-15(19)16-8-2-4-12-20(16)24/h1-14H. The van der Waals surface area contributed by atoms with E-state index in [0.717, 1.165) is 22.5 Å². The molecule has 6 rings (SSSR count). The lowest BCUT2D eigenvalue weighted by Gasteiger charge is -2.36. The number of carbonyl (C=O) groups is 1. The molecular formula is C24H14N2O. The van der Waals surface area contributed by atoms with Crippen molar-refractivity contribution in [1.29, 1.82) is 0 Å². The Kier molecular flexibility index (Phi) is 2.69. The predicted molar refractivity (Wildman–Crippen MR) is 103 cm³/mol. The van der Waals surface area contributed by atoms with Crippen molar-refractivity contribution in [1.82, 2.24) is 9.97 Å². The van der Waals surface area contributed by atoms with Gasteiger partial charge in [0.05, 0.1) is 11.4 Å². The molecule has 0 unspecified atom stereocenters. The van der Waals surface area contributed by atoms with Crippen LogP contribution in [0.5, 0.6) is 0 Å². The summed E-state index contributed by atoms with van der Waals surface area (Å²) in [6, 6.07) is 24.2. The summed E-state index contributed by atoms with van der Waals surface area (Å²) >= 11 is 0. The number of ketones is 1. The number of pyridine rings is 2. The maximum Gasteiger partial charge on any atom is 0.196 e. The maximum absolute atomic E-state index is 13.2. The minimum absolute atomic E-state index is 0.00585. The summed E-state index contributed by atoms with van der Waals surface area (Å²) in [5.74, 6) is -0.00585. The fourth-order valence-corrected chi connectivity index (χ4v) is 4.78. The van der Waals surface area contributed by atoms with Gasteiger partial charge >= 0.3 is 0 Å². The van der Waals surface area contributed by atoms with Gasteiger partial charge in [-0.15, -0.1) is 0 Å². The van der Waals surface area contributed by atoms with Crippen LogP contribution < -0.4 is 0 Å². The highest BCUT2D eigenvalue weighted by Crippen LogP contribution is 2.57. The van der Waals surface area contributed by atoms with E-state index in [-0.39, 0.29) is 5.78 Å². The highest BCUT2D eigenvalue weighted by molar-refractivity contribution is 6.14. The van der Waals surface area contributed by atoms with Crippen LogP contribution in [0.1, 0.15) is 38.4 Å². The molecule has 4 aromatic rings. The first-order valence-corrected chi connectivity index (χ1v) is 8.98. The zero-order valence-electron chi connectivity index (χ0n) is 14.4. The smallest absolute Gasteiger partial charge is 0.196 e. The first-order valence-electron chi connectivity index (χ1n) is 8.98.